The van der Waals surface area contributed by atoms with E-state index in [0.717, 1.165) is 10.7 Å². The number of nitrogens with one attached hydrogen (secondary N) is 2. The highest BCUT2D eigenvalue weighted by atomic mass is 32.1. The highest BCUT2D eigenvalue weighted by Crippen LogP contribution is 2.08. The molecular weight excluding hydrogens is 242 g/mol. The molecule has 0 aliphatic carbocycles. The molecule has 1 heterocycles. The number of urea groups is 1. The van der Waals surface area contributed by atoms with Crippen LogP contribution in [0.5, 0.6) is 0 Å². The molecule has 1 rings (SSSR count). The molecule has 0 radical (unpaired) electrons. The van der Waals surface area contributed by atoms with Gasteiger partial charge < -0.3 is 15.7 Å². The number of hydrogen-bond donors (Lipinski definition) is 3. The molecule has 2 amide bonds. The first-order valence-corrected chi connectivity index (χ1v) is 6.05. The Morgan fingerprint density at radius 3 is 2.82 bits per heavy atom. The summed E-state index contributed by atoms with van der Waals surface area (Å²) in [6.45, 7) is 3.76. The SMILES string of the molecule is Cc1csc(CCNC(=O)N[C@H](C)C(=O)O)n1. The molecule has 0 unspecified atom stereocenters. The van der Waals surface area contributed by atoms with Crippen LogP contribution in [0.3, 0.4) is 0 Å². The van der Waals surface area contributed by atoms with E-state index in [1.165, 1.54) is 6.92 Å². The van der Waals surface area contributed by atoms with Crippen LogP contribution in [0.1, 0.15) is 17.6 Å². The average Bonchev–Trinajstić information content (AvgIpc) is 2.64. The zero-order valence-electron chi connectivity index (χ0n) is 9.69. The first-order chi connectivity index (χ1) is 7.99. The van der Waals surface area contributed by atoms with Gasteiger partial charge in [-0.2, -0.15) is 0 Å². The molecule has 1 atom stereocenters. The molecular formula is C10H15N3O3S. The van der Waals surface area contributed by atoms with E-state index in [2.05, 4.69) is 15.6 Å². The Balaban J connectivity index is 2.22. The normalized spacial score (nSPS) is 11.9. The van der Waals surface area contributed by atoms with Crippen molar-refractivity contribution in [3.63, 3.8) is 0 Å². The number of amides is 2. The number of nitrogens with zero attached hydrogens (tertiary/aromatic N) is 1. The fraction of sp³-hybridized carbons (Fsp3) is 0.500. The first-order valence-electron chi connectivity index (χ1n) is 5.17. The molecule has 1 aromatic heterocycles. The fourth-order valence-electron chi connectivity index (χ4n) is 1.11. The summed E-state index contributed by atoms with van der Waals surface area (Å²) in [6, 6.07) is -1.37. The second kappa shape index (κ2) is 6.19. The van der Waals surface area contributed by atoms with Crippen molar-refractivity contribution in [1.29, 1.82) is 0 Å². The van der Waals surface area contributed by atoms with Crippen LogP contribution in [0.4, 0.5) is 4.79 Å². The van der Waals surface area contributed by atoms with E-state index in [4.69, 9.17) is 5.11 Å². The van der Waals surface area contributed by atoms with Crippen molar-refractivity contribution < 1.29 is 14.7 Å². The molecule has 0 fully saturated rings. The first kappa shape index (κ1) is 13.4. The van der Waals surface area contributed by atoms with Gasteiger partial charge in [-0.25, -0.2) is 9.78 Å². The molecule has 94 valence electrons. The van der Waals surface area contributed by atoms with Gasteiger partial charge in [0.2, 0.25) is 0 Å². The molecule has 7 heteroatoms. The van der Waals surface area contributed by atoms with E-state index < -0.39 is 18.0 Å². The van der Waals surface area contributed by atoms with Gasteiger partial charge >= 0.3 is 12.0 Å². The van der Waals surface area contributed by atoms with Crippen molar-refractivity contribution in [3.05, 3.63) is 16.1 Å². The van der Waals surface area contributed by atoms with E-state index in [1.54, 1.807) is 11.3 Å². The van der Waals surface area contributed by atoms with E-state index in [1.807, 2.05) is 12.3 Å². The maximum absolute atomic E-state index is 11.3. The topological polar surface area (TPSA) is 91.3 Å². The van der Waals surface area contributed by atoms with Crippen LogP contribution in [0.2, 0.25) is 0 Å². The molecule has 3 N–H and O–H groups in total. The number of hydrogen-bond acceptors (Lipinski definition) is 4. The predicted octanol–water partition coefficient (Wildman–Crippen LogP) is 0.766. The Morgan fingerprint density at radius 1 is 1.59 bits per heavy atom. The highest BCUT2D eigenvalue weighted by molar-refractivity contribution is 7.09. The van der Waals surface area contributed by atoms with Crippen LogP contribution in [0.15, 0.2) is 5.38 Å². The average molecular weight is 257 g/mol. The van der Waals surface area contributed by atoms with Gasteiger partial charge in [0.15, 0.2) is 0 Å². The zero-order valence-corrected chi connectivity index (χ0v) is 10.5. The Morgan fingerprint density at radius 2 is 2.29 bits per heavy atom. The van der Waals surface area contributed by atoms with Gasteiger partial charge in [0.1, 0.15) is 6.04 Å². The second-order valence-corrected chi connectivity index (χ2v) is 4.54. The van der Waals surface area contributed by atoms with Crippen molar-refractivity contribution in [2.45, 2.75) is 26.3 Å². The summed E-state index contributed by atoms with van der Waals surface area (Å²) in [5.41, 5.74) is 0.967. The van der Waals surface area contributed by atoms with E-state index >= 15 is 0 Å². The minimum atomic E-state index is -1.06. The summed E-state index contributed by atoms with van der Waals surface area (Å²) < 4.78 is 0. The third kappa shape index (κ3) is 4.81. The molecule has 17 heavy (non-hydrogen) atoms. The van der Waals surface area contributed by atoms with Crippen molar-refractivity contribution in [1.82, 2.24) is 15.6 Å². The molecule has 0 saturated carbocycles. The van der Waals surface area contributed by atoms with Crippen molar-refractivity contribution >= 4 is 23.3 Å². The van der Waals surface area contributed by atoms with Crippen LogP contribution in [-0.2, 0) is 11.2 Å². The number of carbonyl (C=O) groups excluding carboxylic acids is 1. The van der Waals surface area contributed by atoms with Gasteiger partial charge in [-0.3, -0.25) is 4.79 Å². The van der Waals surface area contributed by atoms with Crippen LogP contribution >= 0.6 is 11.3 Å². The van der Waals surface area contributed by atoms with Gasteiger partial charge in [0.05, 0.1) is 5.01 Å². The lowest BCUT2D eigenvalue weighted by Gasteiger charge is -2.09. The molecule has 1 aromatic rings. The molecule has 6 nitrogen and oxygen atoms in total. The summed E-state index contributed by atoms with van der Waals surface area (Å²) in [5.74, 6) is -1.06. The van der Waals surface area contributed by atoms with Crippen LogP contribution in [0, 0.1) is 6.92 Å². The summed E-state index contributed by atoms with van der Waals surface area (Å²) in [5, 5.41) is 16.4. The second-order valence-electron chi connectivity index (χ2n) is 3.59. The number of aryl methyl sites for hydroxylation is 1. The van der Waals surface area contributed by atoms with Crippen molar-refractivity contribution in [2.24, 2.45) is 0 Å². The lowest BCUT2D eigenvalue weighted by atomic mass is 10.3. The Kier molecular flexibility index (Phi) is 4.89. The molecule has 0 bridgehead atoms. The number of carbonyl (C=O) groups is 2. The van der Waals surface area contributed by atoms with Crippen molar-refractivity contribution in [2.75, 3.05) is 6.54 Å². The zero-order chi connectivity index (χ0) is 12.8. The number of thiazole rings is 1. The number of carboxylic acids is 1. The number of rotatable bonds is 5. The van der Waals surface area contributed by atoms with Gasteiger partial charge in [0, 0.05) is 24.0 Å². The molecule has 0 aliphatic heterocycles. The fourth-order valence-corrected chi connectivity index (χ4v) is 1.89. The molecule has 0 aromatic carbocycles. The van der Waals surface area contributed by atoms with Gasteiger partial charge in [-0.05, 0) is 13.8 Å². The van der Waals surface area contributed by atoms with Gasteiger partial charge in [0.25, 0.3) is 0 Å². The maximum Gasteiger partial charge on any atom is 0.325 e. The largest absolute Gasteiger partial charge is 0.480 e. The maximum atomic E-state index is 11.3. The minimum Gasteiger partial charge on any atom is -0.480 e. The Hall–Kier alpha value is -1.63. The van der Waals surface area contributed by atoms with Crippen LogP contribution < -0.4 is 10.6 Å². The van der Waals surface area contributed by atoms with Crippen LogP contribution in [-0.4, -0.2) is 34.7 Å². The monoisotopic (exact) mass is 257 g/mol. The lowest BCUT2D eigenvalue weighted by Crippen LogP contribution is -2.44. The van der Waals surface area contributed by atoms with Crippen molar-refractivity contribution in [3.8, 4) is 0 Å². The van der Waals surface area contributed by atoms with E-state index in [0.29, 0.717) is 13.0 Å². The van der Waals surface area contributed by atoms with Crippen LogP contribution in [0.25, 0.3) is 0 Å². The Bertz CT molecular complexity index is 405. The summed E-state index contributed by atoms with van der Waals surface area (Å²) in [4.78, 5) is 26.0. The summed E-state index contributed by atoms with van der Waals surface area (Å²) in [7, 11) is 0. The molecule has 0 saturated heterocycles. The quantitative estimate of drug-likeness (QED) is 0.726. The third-order valence-corrected chi connectivity index (χ3v) is 3.04. The minimum absolute atomic E-state index is 0.436. The number of carboxylic acid groups (broad SMARTS) is 1. The molecule has 0 aliphatic rings. The standard InChI is InChI=1S/C10H15N3O3S/c1-6-5-17-8(12-6)3-4-11-10(16)13-7(2)9(14)15/h5,7H,3-4H2,1-2H3,(H,14,15)(H2,11,13,16)/t7-/m1/s1. The van der Waals surface area contributed by atoms with Gasteiger partial charge in [-0.1, -0.05) is 0 Å². The third-order valence-electron chi connectivity index (χ3n) is 2.01. The number of aromatic nitrogens is 1. The highest BCUT2D eigenvalue weighted by Gasteiger charge is 2.13. The predicted molar refractivity (Wildman–Crippen MR) is 64.2 cm³/mol. The summed E-state index contributed by atoms with van der Waals surface area (Å²) >= 11 is 1.54. The molecule has 0 spiro atoms. The number of aliphatic carboxylic acids is 1. The van der Waals surface area contributed by atoms with E-state index in [9.17, 15) is 9.59 Å². The van der Waals surface area contributed by atoms with E-state index in [-0.39, 0.29) is 0 Å². The van der Waals surface area contributed by atoms with Gasteiger partial charge in [-0.15, -0.1) is 11.3 Å². The smallest absolute Gasteiger partial charge is 0.325 e. The summed E-state index contributed by atoms with van der Waals surface area (Å²) in [6.07, 6.45) is 0.646. The lowest BCUT2D eigenvalue weighted by molar-refractivity contribution is -0.138. The Labute approximate surface area is 103 Å².